The van der Waals surface area contributed by atoms with Crippen molar-refractivity contribution in [1.82, 2.24) is 20.0 Å². The Morgan fingerprint density at radius 3 is 3.25 bits per heavy atom. The number of carbonyl (C=O) groups is 1. The maximum Gasteiger partial charge on any atom is 0.261 e. The van der Waals surface area contributed by atoms with Gasteiger partial charge in [-0.25, -0.2) is 4.98 Å². The number of carbonyl (C=O) groups excluding carboxylic acids is 1. The van der Waals surface area contributed by atoms with Crippen LogP contribution in [0.4, 0.5) is 5.13 Å². The van der Waals surface area contributed by atoms with Gasteiger partial charge >= 0.3 is 0 Å². The first-order valence-corrected chi connectivity index (χ1v) is 8.47. The molecule has 0 unspecified atom stereocenters. The van der Waals surface area contributed by atoms with Crippen molar-refractivity contribution in [3.8, 4) is 11.5 Å². The number of likely N-dealkylation sites (tertiary alicyclic amines) is 1. The Balaban J connectivity index is 1.42. The van der Waals surface area contributed by atoms with Gasteiger partial charge in [-0.2, -0.15) is 4.98 Å². The van der Waals surface area contributed by atoms with Gasteiger partial charge in [-0.15, -0.1) is 11.3 Å². The number of hydrogen-bond acceptors (Lipinski definition) is 8. The summed E-state index contributed by atoms with van der Waals surface area (Å²) in [6.45, 7) is 1.29. The minimum absolute atomic E-state index is 0.0407. The Labute approximate surface area is 141 Å². The van der Waals surface area contributed by atoms with E-state index in [0.717, 1.165) is 24.9 Å². The average molecular weight is 345 g/mol. The Morgan fingerprint density at radius 1 is 1.50 bits per heavy atom. The fourth-order valence-corrected chi connectivity index (χ4v) is 3.32. The van der Waals surface area contributed by atoms with E-state index in [1.54, 1.807) is 24.8 Å². The molecule has 1 aliphatic rings. The van der Waals surface area contributed by atoms with Crippen molar-refractivity contribution < 1.29 is 13.7 Å². The second-order valence-electron chi connectivity index (χ2n) is 5.48. The molecular formula is C15H15N5O3S. The first-order chi connectivity index (χ1) is 11.8. The van der Waals surface area contributed by atoms with Crippen LogP contribution in [0.5, 0.6) is 0 Å². The molecule has 3 aromatic heterocycles. The van der Waals surface area contributed by atoms with Gasteiger partial charge in [0.25, 0.3) is 5.89 Å². The third-order valence-electron chi connectivity index (χ3n) is 3.91. The fourth-order valence-electron chi connectivity index (χ4n) is 2.79. The molecule has 0 aromatic carbocycles. The summed E-state index contributed by atoms with van der Waals surface area (Å²) in [4.78, 5) is 23.0. The van der Waals surface area contributed by atoms with Gasteiger partial charge in [-0.05, 0) is 25.5 Å². The van der Waals surface area contributed by atoms with E-state index in [1.807, 2.05) is 5.38 Å². The fraction of sp³-hybridized carbons (Fsp3) is 0.333. The molecule has 0 spiro atoms. The predicted octanol–water partition coefficient (Wildman–Crippen LogP) is 2.39. The van der Waals surface area contributed by atoms with E-state index in [9.17, 15) is 4.79 Å². The lowest BCUT2D eigenvalue weighted by Crippen LogP contribution is -2.39. The average Bonchev–Trinajstić information content (AvgIpc) is 3.36. The molecule has 0 saturated carbocycles. The number of amides is 1. The summed E-state index contributed by atoms with van der Waals surface area (Å²) in [5, 5.41) is 9.30. The van der Waals surface area contributed by atoms with E-state index >= 15 is 0 Å². The quantitative estimate of drug-likeness (QED) is 0.758. The summed E-state index contributed by atoms with van der Waals surface area (Å²) in [7, 11) is 0. The van der Waals surface area contributed by atoms with Crippen LogP contribution in [0, 0.1) is 0 Å². The molecule has 0 aliphatic carbocycles. The molecule has 24 heavy (non-hydrogen) atoms. The van der Waals surface area contributed by atoms with Gasteiger partial charge < -0.3 is 14.3 Å². The Kier molecular flexibility index (Phi) is 4.09. The number of aromatic nitrogens is 3. The van der Waals surface area contributed by atoms with Crippen molar-refractivity contribution in [2.24, 2.45) is 0 Å². The van der Waals surface area contributed by atoms with Crippen molar-refractivity contribution in [3.05, 3.63) is 36.0 Å². The number of nitrogens with zero attached hydrogens (tertiary/aromatic N) is 4. The predicted molar refractivity (Wildman–Crippen MR) is 86.2 cm³/mol. The molecule has 1 amide bonds. The number of nitrogens with one attached hydrogen (secondary N) is 1. The lowest BCUT2D eigenvalue weighted by Gasteiger charge is -2.21. The highest BCUT2D eigenvalue weighted by atomic mass is 32.1. The summed E-state index contributed by atoms with van der Waals surface area (Å²) >= 11 is 1.41. The zero-order chi connectivity index (χ0) is 16.4. The molecule has 4 heterocycles. The highest BCUT2D eigenvalue weighted by Crippen LogP contribution is 2.23. The lowest BCUT2D eigenvalue weighted by atomic mass is 10.2. The summed E-state index contributed by atoms with van der Waals surface area (Å²) in [5.41, 5.74) is 0.744. The molecule has 1 N–H and O–H groups in total. The van der Waals surface area contributed by atoms with Crippen LogP contribution in [0.1, 0.15) is 18.7 Å². The van der Waals surface area contributed by atoms with Crippen LogP contribution in [0.25, 0.3) is 11.5 Å². The lowest BCUT2D eigenvalue weighted by molar-refractivity contribution is -0.120. The van der Waals surface area contributed by atoms with Crippen LogP contribution in [0.2, 0.25) is 0 Å². The van der Waals surface area contributed by atoms with Gasteiger partial charge in [-0.1, -0.05) is 5.16 Å². The molecule has 3 aromatic rings. The van der Waals surface area contributed by atoms with E-state index in [4.69, 9.17) is 8.94 Å². The standard InChI is InChI=1S/C15H15N5O3S/c21-13(18-15-16-4-7-24-15)11-2-1-5-20(11)8-12-17-14(23-19-12)10-3-6-22-9-10/h3-4,6-7,9,11H,1-2,5,8H2,(H,16,18,21)/t11-/m0/s1. The first-order valence-electron chi connectivity index (χ1n) is 7.59. The van der Waals surface area contributed by atoms with Crippen LogP contribution in [0.15, 0.2) is 39.1 Å². The van der Waals surface area contributed by atoms with E-state index in [0.29, 0.717) is 23.4 Å². The number of rotatable bonds is 5. The molecule has 1 fully saturated rings. The van der Waals surface area contributed by atoms with Gasteiger partial charge in [0.05, 0.1) is 24.4 Å². The maximum absolute atomic E-state index is 12.4. The number of hydrogen-bond donors (Lipinski definition) is 1. The van der Waals surface area contributed by atoms with Crippen LogP contribution in [-0.2, 0) is 11.3 Å². The minimum Gasteiger partial charge on any atom is -0.472 e. The van der Waals surface area contributed by atoms with E-state index < -0.39 is 0 Å². The SMILES string of the molecule is O=C(Nc1nccs1)[C@@H]1CCCN1Cc1noc(-c2ccoc2)n1. The summed E-state index contributed by atoms with van der Waals surface area (Å²) in [6, 6.07) is 1.56. The molecule has 1 atom stereocenters. The van der Waals surface area contributed by atoms with Gasteiger partial charge in [0.2, 0.25) is 5.91 Å². The highest BCUT2D eigenvalue weighted by Gasteiger charge is 2.32. The van der Waals surface area contributed by atoms with Crippen LogP contribution >= 0.6 is 11.3 Å². The Bertz CT molecular complexity index is 799. The van der Waals surface area contributed by atoms with Crippen molar-refractivity contribution in [3.63, 3.8) is 0 Å². The summed E-state index contributed by atoms with van der Waals surface area (Å²) < 4.78 is 10.3. The third-order valence-corrected chi connectivity index (χ3v) is 4.60. The largest absolute Gasteiger partial charge is 0.472 e. The maximum atomic E-state index is 12.4. The molecule has 8 nitrogen and oxygen atoms in total. The third kappa shape index (κ3) is 3.08. The molecule has 0 radical (unpaired) electrons. The highest BCUT2D eigenvalue weighted by molar-refractivity contribution is 7.13. The summed E-state index contributed by atoms with van der Waals surface area (Å²) in [5.74, 6) is 0.933. The molecule has 1 aliphatic heterocycles. The smallest absolute Gasteiger partial charge is 0.261 e. The molecular weight excluding hydrogens is 330 g/mol. The van der Waals surface area contributed by atoms with Crippen molar-refractivity contribution in [2.45, 2.75) is 25.4 Å². The van der Waals surface area contributed by atoms with Crippen LogP contribution in [-0.4, -0.2) is 38.5 Å². The van der Waals surface area contributed by atoms with Crippen LogP contribution in [0.3, 0.4) is 0 Å². The van der Waals surface area contributed by atoms with Crippen molar-refractivity contribution >= 4 is 22.4 Å². The second-order valence-corrected chi connectivity index (χ2v) is 6.38. The van der Waals surface area contributed by atoms with Crippen molar-refractivity contribution in [1.29, 1.82) is 0 Å². The van der Waals surface area contributed by atoms with E-state index in [1.165, 1.54) is 11.3 Å². The molecule has 0 bridgehead atoms. The van der Waals surface area contributed by atoms with Gasteiger partial charge in [0.1, 0.15) is 6.26 Å². The second kappa shape index (κ2) is 6.54. The molecule has 9 heteroatoms. The molecule has 1 saturated heterocycles. The normalized spacial score (nSPS) is 18.1. The monoisotopic (exact) mass is 345 g/mol. The number of anilines is 1. The zero-order valence-corrected chi connectivity index (χ0v) is 13.5. The van der Waals surface area contributed by atoms with Crippen molar-refractivity contribution in [2.75, 3.05) is 11.9 Å². The molecule has 4 rings (SSSR count). The zero-order valence-electron chi connectivity index (χ0n) is 12.7. The number of thiazole rings is 1. The van der Waals surface area contributed by atoms with Crippen LogP contribution < -0.4 is 5.32 Å². The Hall–Kier alpha value is -2.52. The topological polar surface area (TPSA) is 97.3 Å². The summed E-state index contributed by atoms with van der Waals surface area (Å²) in [6.07, 6.45) is 6.55. The number of furan rings is 1. The van der Waals surface area contributed by atoms with E-state index in [2.05, 4.69) is 25.3 Å². The Morgan fingerprint density at radius 2 is 2.46 bits per heavy atom. The van der Waals surface area contributed by atoms with Gasteiger partial charge in [-0.3, -0.25) is 9.69 Å². The van der Waals surface area contributed by atoms with E-state index in [-0.39, 0.29) is 11.9 Å². The van der Waals surface area contributed by atoms with Gasteiger partial charge in [0.15, 0.2) is 11.0 Å². The first kappa shape index (κ1) is 15.0. The molecule has 124 valence electrons. The van der Waals surface area contributed by atoms with Gasteiger partial charge in [0, 0.05) is 11.6 Å². The minimum atomic E-state index is -0.204.